The monoisotopic (exact) mass is 584 g/mol. The standard InChI is InChI=1S/C36H40O5S/c1-2-42-36-35(40-26-31-21-13-6-14-22-31)34(39-25-30-19-11-5-12-20-30)33(38-24-29-17-9-4-10-18-29)32(41-36)27-37-23-28-15-7-3-8-16-28/h3-22,32-36H,2,23-27H2,1H3/t32-,33+,34-,35-,36+/m1/s1. The fourth-order valence-electron chi connectivity index (χ4n) is 5.05. The van der Waals surface area contributed by atoms with Gasteiger partial charge in [-0.15, -0.1) is 11.8 Å². The van der Waals surface area contributed by atoms with Gasteiger partial charge in [0.25, 0.3) is 0 Å². The van der Waals surface area contributed by atoms with Crippen LogP contribution in [-0.2, 0) is 50.1 Å². The smallest absolute Gasteiger partial charge is 0.132 e. The SMILES string of the molecule is CCS[C@@H]1O[C@H](COCc2ccccc2)[C@H](OCc2ccccc2)[C@@H](OCc2ccccc2)[C@H]1OCc1ccccc1. The van der Waals surface area contributed by atoms with Crippen molar-refractivity contribution >= 4 is 11.8 Å². The average Bonchev–Trinajstić information content (AvgIpc) is 3.05. The summed E-state index contributed by atoms with van der Waals surface area (Å²) in [5.41, 5.74) is 4.19. The van der Waals surface area contributed by atoms with Crippen LogP contribution in [0, 0.1) is 0 Å². The van der Waals surface area contributed by atoms with Crippen molar-refractivity contribution in [2.75, 3.05) is 12.4 Å². The van der Waals surface area contributed by atoms with Gasteiger partial charge in [0.05, 0.1) is 33.0 Å². The molecule has 6 heteroatoms. The third kappa shape index (κ3) is 9.01. The van der Waals surface area contributed by atoms with Crippen LogP contribution >= 0.6 is 11.8 Å². The van der Waals surface area contributed by atoms with Crippen LogP contribution in [0.25, 0.3) is 0 Å². The van der Waals surface area contributed by atoms with Gasteiger partial charge >= 0.3 is 0 Å². The van der Waals surface area contributed by atoms with E-state index < -0.39 is 6.10 Å². The minimum absolute atomic E-state index is 0.235. The zero-order chi connectivity index (χ0) is 28.8. The van der Waals surface area contributed by atoms with Gasteiger partial charge in [0.15, 0.2) is 0 Å². The molecule has 1 aliphatic heterocycles. The first kappa shape index (κ1) is 30.5. The summed E-state index contributed by atoms with van der Waals surface area (Å²) in [7, 11) is 0. The lowest BCUT2D eigenvalue weighted by molar-refractivity contribution is -0.254. The Kier molecular flexibility index (Phi) is 12.1. The molecule has 0 bridgehead atoms. The van der Waals surface area contributed by atoms with E-state index in [9.17, 15) is 0 Å². The second-order valence-electron chi connectivity index (χ2n) is 10.3. The number of benzene rings is 4. The Morgan fingerprint density at radius 2 is 0.929 bits per heavy atom. The molecule has 0 N–H and O–H groups in total. The van der Waals surface area contributed by atoms with E-state index in [0.717, 1.165) is 28.0 Å². The third-order valence-electron chi connectivity index (χ3n) is 7.17. The van der Waals surface area contributed by atoms with Crippen LogP contribution in [0.1, 0.15) is 29.2 Å². The molecule has 5 rings (SSSR count). The molecular weight excluding hydrogens is 544 g/mol. The second kappa shape index (κ2) is 16.6. The molecule has 0 aliphatic carbocycles. The van der Waals surface area contributed by atoms with E-state index in [2.05, 4.69) is 55.5 Å². The van der Waals surface area contributed by atoms with Gasteiger partial charge in [-0.05, 0) is 28.0 Å². The second-order valence-corrected chi connectivity index (χ2v) is 11.7. The summed E-state index contributed by atoms with van der Waals surface area (Å²) in [6.45, 7) is 4.37. The van der Waals surface area contributed by atoms with Crippen molar-refractivity contribution in [1.82, 2.24) is 0 Å². The zero-order valence-electron chi connectivity index (χ0n) is 24.1. The fourth-order valence-corrected chi connectivity index (χ4v) is 6.02. The molecule has 0 saturated carbocycles. The van der Waals surface area contributed by atoms with Crippen molar-refractivity contribution in [2.45, 2.75) is 63.2 Å². The van der Waals surface area contributed by atoms with E-state index in [-0.39, 0.29) is 23.7 Å². The molecule has 220 valence electrons. The van der Waals surface area contributed by atoms with E-state index >= 15 is 0 Å². The van der Waals surface area contributed by atoms with Crippen molar-refractivity contribution in [3.8, 4) is 0 Å². The summed E-state index contributed by atoms with van der Waals surface area (Å²) in [6, 6.07) is 40.9. The highest BCUT2D eigenvalue weighted by Gasteiger charge is 2.48. The number of hydrogen-bond donors (Lipinski definition) is 0. The van der Waals surface area contributed by atoms with Crippen LogP contribution in [0.2, 0.25) is 0 Å². The largest absolute Gasteiger partial charge is 0.374 e. The van der Waals surface area contributed by atoms with Gasteiger partial charge in [0, 0.05) is 0 Å². The number of thioether (sulfide) groups is 1. The van der Waals surface area contributed by atoms with Gasteiger partial charge < -0.3 is 23.7 Å². The molecule has 1 fully saturated rings. The summed E-state index contributed by atoms with van der Waals surface area (Å²) in [5, 5.41) is 0. The molecule has 4 aromatic rings. The van der Waals surface area contributed by atoms with Gasteiger partial charge in [-0.1, -0.05) is 128 Å². The Hall–Kier alpha value is -2.97. The van der Waals surface area contributed by atoms with Gasteiger partial charge in [-0.3, -0.25) is 0 Å². The normalized spacial score (nSPS) is 22.2. The average molecular weight is 585 g/mol. The zero-order valence-corrected chi connectivity index (χ0v) is 24.9. The van der Waals surface area contributed by atoms with E-state index in [1.807, 2.05) is 72.8 Å². The van der Waals surface area contributed by atoms with Gasteiger partial charge in [-0.25, -0.2) is 0 Å². The molecule has 42 heavy (non-hydrogen) atoms. The van der Waals surface area contributed by atoms with E-state index in [4.69, 9.17) is 23.7 Å². The third-order valence-corrected chi connectivity index (χ3v) is 8.21. The molecule has 0 unspecified atom stereocenters. The summed E-state index contributed by atoms with van der Waals surface area (Å²) in [4.78, 5) is 0. The Morgan fingerprint density at radius 1 is 0.524 bits per heavy atom. The number of rotatable bonds is 15. The first-order valence-electron chi connectivity index (χ1n) is 14.7. The summed E-state index contributed by atoms with van der Waals surface area (Å²) >= 11 is 1.73. The summed E-state index contributed by atoms with van der Waals surface area (Å²) < 4.78 is 33.1. The van der Waals surface area contributed by atoms with Gasteiger partial charge in [0.1, 0.15) is 29.9 Å². The number of ether oxygens (including phenoxy) is 5. The topological polar surface area (TPSA) is 46.2 Å². The highest BCUT2D eigenvalue weighted by atomic mass is 32.2. The summed E-state index contributed by atoms with van der Waals surface area (Å²) in [5.74, 6) is 0.883. The molecular formula is C36H40O5S. The lowest BCUT2D eigenvalue weighted by Crippen LogP contribution is -2.60. The predicted octanol–water partition coefficient (Wildman–Crippen LogP) is 7.44. The van der Waals surface area contributed by atoms with Crippen LogP contribution in [0.15, 0.2) is 121 Å². The summed E-state index contributed by atoms with van der Waals surface area (Å²) in [6.07, 6.45) is -1.45. The van der Waals surface area contributed by atoms with E-state index in [1.54, 1.807) is 11.8 Å². The van der Waals surface area contributed by atoms with Crippen LogP contribution in [0.3, 0.4) is 0 Å². The molecule has 1 aliphatic rings. The molecule has 0 aromatic heterocycles. The maximum absolute atomic E-state index is 6.76. The molecule has 1 saturated heterocycles. The molecule has 4 aromatic carbocycles. The first-order chi connectivity index (χ1) is 20.8. The molecule has 0 amide bonds. The van der Waals surface area contributed by atoms with Crippen LogP contribution < -0.4 is 0 Å². The van der Waals surface area contributed by atoms with Gasteiger partial charge in [0.2, 0.25) is 0 Å². The van der Waals surface area contributed by atoms with Crippen LogP contribution in [0.4, 0.5) is 0 Å². The minimum atomic E-state index is -0.404. The van der Waals surface area contributed by atoms with Crippen molar-refractivity contribution < 1.29 is 23.7 Å². The quantitative estimate of drug-likeness (QED) is 0.145. The van der Waals surface area contributed by atoms with Crippen molar-refractivity contribution in [1.29, 1.82) is 0 Å². The Labute approximate surface area is 254 Å². The molecule has 5 nitrogen and oxygen atoms in total. The Balaban J connectivity index is 1.40. The minimum Gasteiger partial charge on any atom is -0.374 e. The molecule has 1 heterocycles. The highest BCUT2D eigenvalue weighted by molar-refractivity contribution is 7.99. The Morgan fingerprint density at radius 3 is 1.38 bits per heavy atom. The van der Waals surface area contributed by atoms with Crippen molar-refractivity contribution in [2.24, 2.45) is 0 Å². The maximum atomic E-state index is 6.76. The molecule has 5 atom stereocenters. The van der Waals surface area contributed by atoms with E-state index in [1.165, 1.54) is 0 Å². The first-order valence-corrected chi connectivity index (χ1v) is 15.7. The van der Waals surface area contributed by atoms with Gasteiger partial charge in [-0.2, -0.15) is 0 Å². The lowest BCUT2D eigenvalue weighted by Gasteiger charge is -2.46. The molecule has 0 radical (unpaired) electrons. The van der Waals surface area contributed by atoms with Crippen molar-refractivity contribution in [3.63, 3.8) is 0 Å². The molecule has 0 spiro atoms. The van der Waals surface area contributed by atoms with Crippen LogP contribution in [-0.4, -0.2) is 42.2 Å². The Bertz CT molecular complexity index is 1280. The number of hydrogen-bond acceptors (Lipinski definition) is 6. The maximum Gasteiger partial charge on any atom is 0.132 e. The van der Waals surface area contributed by atoms with E-state index in [0.29, 0.717) is 33.0 Å². The highest BCUT2D eigenvalue weighted by Crippen LogP contribution is 2.35. The van der Waals surface area contributed by atoms with Crippen molar-refractivity contribution in [3.05, 3.63) is 144 Å². The predicted molar refractivity (Wildman–Crippen MR) is 168 cm³/mol. The fraction of sp³-hybridized carbons (Fsp3) is 0.333. The lowest BCUT2D eigenvalue weighted by atomic mass is 9.98. The van der Waals surface area contributed by atoms with Crippen LogP contribution in [0.5, 0.6) is 0 Å².